The molecule has 0 bridgehead atoms. The minimum Gasteiger partial charge on any atom is -0.247 e. The zero-order chi connectivity index (χ0) is 21.4. The highest BCUT2D eigenvalue weighted by atomic mass is 35.5. The summed E-state index contributed by atoms with van der Waals surface area (Å²) in [7, 11) is 0. The molecule has 6 atom stereocenters. The summed E-state index contributed by atoms with van der Waals surface area (Å²) in [5, 5.41) is -0.917. The molecule has 0 saturated heterocycles. The fraction of sp³-hybridized carbons (Fsp3) is 0.857. The second kappa shape index (κ2) is 9.41. The van der Waals surface area contributed by atoms with Crippen molar-refractivity contribution in [3.05, 3.63) is 31.5 Å². The summed E-state index contributed by atoms with van der Waals surface area (Å²) in [4.78, 5) is 40.7. The van der Waals surface area contributed by atoms with Gasteiger partial charge in [0.15, 0.2) is 0 Å². The number of hydrogen-bond donors (Lipinski definition) is 0. The molecule has 3 fully saturated rings. The Morgan fingerprint density at radius 1 is 0.467 bits per heavy atom. The molecule has 0 aromatic carbocycles. The van der Waals surface area contributed by atoms with Gasteiger partial charge in [0.25, 0.3) is 0 Å². The summed E-state index contributed by atoms with van der Waals surface area (Å²) in [6, 6.07) is -1.23. The van der Waals surface area contributed by atoms with Crippen LogP contribution in [0.5, 0.6) is 0 Å². The van der Waals surface area contributed by atoms with Gasteiger partial charge in [0.1, 0.15) is 0 Å². The number of rotatable bonds is 3. The Labute approximate surface area is 191 Å². The first-order valence-electron chi connectivity index (χ1n) is 11.3. The second-order valence-electron chi connectivity index (χ2n) is 9.06. The molecule has 6 nitrogen and oxygen atoms in total. The molecule has 3 aliphatic carbocycles. The van der Waals surface area contributed by atoms with E-state index in [0.29, 0.717) is 19.3 Å². The number of halogens is 3. The molecule has 0 amide bonds. The van der Waals surface area contributed by atoms with Crippen molar-refractivity contribution in [3.63, 3.8) is 0 Å². The summed E-state index contributed by atoms with van der Waals surface area (Å²) in [6.07, 6.45) is 9.87. The van der Waals surface area contributed by atoms with E-state index in [9.17, 15) is 14.4 Å². The van der Waals surface area contributed by atoms with Crippen molar-refractivity contribution in [2.24, 2.45) is 0 Å². The summed E-state index contributed by atoms with van der Waals surface area (Å²) in [5.74, 6) is 0. The normalized spacial score (nSPS) is 35.3. The Kier molecular flexibility index (Phi) is 7.05. The van der Waals surface area contributed by atoms with Crippen molar-refractivity contribution in [1.82, 2.24) is 13.7 Å². The maximum absolute atomic E-state index is 13.6. The van der Waals surface area contributed by atoms with Gasteiger partial charge in [-0.3, -0.25) is 0 Å². The maximum Gasteiger partial charge on any atom is 0.336 e. The summed E-state index contributed by atoms with van der Waals surface area (Å²) >= 11 is 19.8. The summed E-state index contributed by atoms with van der Waals surface area (Å²) in [5.41, 5.74) is -1.67. The summed E-state index contributed by atoms with van der Waals surface area (Å²) in [6.45, 7) is 0. The molecule has 30 heavy (non-hydrogen) atoms. The van der Waals surface area contributed by atoms with Gasteiger partial charge >= 0.3 is 17.1 Å². The van der Waals surface area contributed by atoms with Crippen LogP contribution in [0.3, 0.4) is 0 Å². The van der Waals surface area contributed by atoms with Crippen LogP contribution in [0.4, 0.5) is 0 Å². The Bertz CT molecular complexity index is 791. The van der Waals surface area contributed by atoms with Gasteiger partial charge in [-0.1, -0.05) is 38.5 Å². The predicted molar refractivity (Wildman–Crippen MR) is 121 cm³/mol. The monoisotopic (exact) mass is 477 g/mol. The van der Waals surface area contributed by atoms with Crippen molar-refractivity contribution in [2.75, 3.05) is 0 Å². The van der Waals surface area contributed by atoms with Crippen LogP contribution < -0.4 is 17.1 Å². The maximum atomic E-state index is 13.6. The van der Waals surface area contributed by atoms with E-state index in [1.54, 1.807) is 0 Å². The van der Waals surface area contributed by atoms with E-state index < -0.39 is 35.2 Å². The largest absolute Gasteiger partial charge is 0.336 e. The number of alkyl halides is 3. The third-order valence-electron chi connectivity index (χ3n) is 7.17. The highest BCUT2D eigenvalue weighted by Gasteiger charge is 2.36. The first kappa shape index (κ1) is 22.5. The molecular formula is C21H30Cl3N3O3. The average Bonchev–Trinajstić information content (AvgIpc) is 2.72. The summed E-state index contributed by atoms with van der Waals surface area (Å²) < 4.78 is 3.78. The van der Waals surface area contributed by atoms with E-state index >= 15 is 0 Å². The van der Waals surface area contributed by atoms with Crippen LogP contribution >= 0.6 is 34.8 Å². The van der Waals surface area contributed by atoms with Crippen LogP contribution in [0.2, 0.25) is 0 Å². The Morgan fingerprint density at radius 2 is 0.700 bits per heavy atom. The molecule has 6 unspecified atom stereocenters. The molecule has 0 spiro atoms. The van der Waals surface area contributed by atoms with E-state index in [1.807, 2.05) is 0 Å². The first-order valence-corrected chi connectivity index (χ1v) is 12.6. The lowest BCUT2D eigenvalue weighted by molar-refractivity contribution is 0.253. The molecule has 4 rings (SSSR count). The Morgan fingerprint density at radius 3 is 0.933 bits per heavy atom. The molecule has 3 saturated carbocycles. The zero-order valence-corrected chi connectivity index (χ0v) is 19.4. The van der Waals surface area contributed by atoms with E-state index in [0.717, 1.165) is 57.8 Å². The van der Waals surface area contributed by atoms with E-state index in [4.69, 9.17) is 34.8 Å². The van der Waals surface area contributed by atoms with Crippen LogP contribution in [-0.4, -0.2) is 29.8 Å². The fourth-order valence-electron chi connectivity index (χ4n) is 5.52. The van der Waals surface area contributed by atoms with Crippen molar-refractivity contribution < 1.29 is 0 Å². The number of hydrogen-bond acceptors (Lipinski definition) is 3. The van der Waals surface area contributed by atoms with E-state index in [-0.39, 0.29) is 16.1 Å². The topological polar surface area (TPSA) is 66.0 Å². The van der Waals surface area contributed by atoms with Crippen LogP contribution in [0.25, 0.3) is 0 Å². The minimum atomic E-state index is -0.557. The molecule has 1 heterocycles. The van der Waals surface area contributed by atoms with Crippen molar-refractivity contribution in [1.29, 1.82) is 0 Å². The van der Waals surface area contributed by atoms with Gasteiger partial charge < -0.3 is 0 Å². The standard InChI is InChI=1S/C21H30Cl3N3O3/c22-13-7-1-4-10-16(13)25-19(28)26(17-11-5-2-8-14(17)23)21(30)27(20(25)29)18-12-6-3-9-15(18)24/h13-18H,1-12H2. The molecule has 1 aromatic rings. The van der Waals surface area contributed by atoms with Gasteiger partial charge in [0, 0.05) is 0 Å². The SMILES string of the molecule is O=c1n(C2CCCCC2Cl)c(=O)n(C2CCCCC2Cl)c(=O)n1C1CCCCC1Cl. The zero-order valence-electron chi connectivity index (χ0n) is 17.1. The molecule has 0 N–H and O–H groups in total. The van der Waals surface area contributed by atoms with Crippen molar-refractivity contribution in [3.8, 4) is 0 Å². The van der Waals surface area contributed by atoms with Crippen molar-refractivity contribution >= 4 is 34.8 Å². The van der Waals surface area contributed by atoms with Crippen LogP contribution in [0, 0.1) is 0 Å². The molecule has 1 aromatic heterocycles. The van der Waals surface area contributed by atoms with Gasteiger partial charge in [0.2, 0.25) is 0 Å². The quantitative estimate of drug-likeness (QED) is 0.607. The van der Waals surface area contributed by atoms with Gasteiger partial charge in [-0.05, 0) is 38.5 Å². The second-order valence-corrected chi connectivity index (χ2v) is 10.7. The molecule has 3 aliphatic rings. The van der Waals surface area contributed by atoms with E-state index in [1.165, 1.54) is 13.7 Å². The van der Waals surface area contributed by atoms with Crippen LogP contribution in [0.1, 0.15) is 95.2 Å². The fourth-order valence-corrected chi connectivity index (χ4v) is 6.69. The smallest absolute Gasteiger partial charge is 0.247 e. The van der Waals surface area contributed by atoms with Crippen molar-refractivity contribution in [2.45, 2.75) is 111 Å². The lowest BCUT2D eigenvalue weighted by Crippen LogP contribution is -2.60. The molecule has 168 valence electrons. The van der Waals surface area contributed by atoms with Gasteiger partial charge in [-0.25, -0.2) is 28.1 Å². The highest BCUT2D eigenvalue weighted by molar-refractivity contribution is 6.21. The van der Waals surface area contributed by atoms with Gasteiger partial charge in [-0.2, -0.15) is 0 Å². The average molecular weight is 479 g/mol. The van der Waals surface area contributed by atoms with Crippen LogP contribution in [-0.2, 0) is 0 Å². The minimum absolute atomic E-state index is 0.306. The molecular weight excluding hydrogens is 449 g/mol. The number of aromatic nitrogens is 3. The van der Waals surface area contributed by atoms with Gasteiger partial charge in [0.05, 0.1) is 34.3 Å². The number of nitrogens with zero attached hydrogens (tertiary/aromatic N) is 3. The third kappa shape index (κ3) is 4.04. The lowest BCUT2D eigenvalue weighted by atomic mass is 9.93. The molecule has 9 heteroatoms. The third-order valence-corrected chi connectivity index (χ3v) is 8.70. The Balaban J connectivity index is 1.94. The first-order chi connectivity index (χ1) is 14.4. The highest BCUT2D eigenvalue weighted by Crippen LogP contribution is 2.34. The molecule has 0 radical (unpaired) electrons. The molecule has 0 aliphatic heterocycles. The van der Waals surface area contributed by atoms with Gasteiger partial charge in [-0.15, -0.1) is 34.8 Å². The predicted octanol–water partition coefficient (Wildman–Crippen LogP) is 4.34. The van der Waals surface area contributed by atoms with Crippen LogP contribution in [0.15, 0.2) is 14.4 Å². The lowest BCUT2D eigenvalue weighted by Gasteiger charge is -2.34. The van der Waals surface area contributed by atoms with E-state index in [2.05, 4.69) is 0 Å². The Hall–Kier alpha value is -0.720.